The van der Waals surface area contributed by atoms with Crippen molar-refractivity contribution in [3.05, 3.63) is 69.1 Å². The summed E-state index contributed by atoms with van der Waals surface area (Å²) >= 11 is 0. The Morgan fingerprint density at radius 1 is 1.22 bits per heavy atom. The molecule has 0 saturated carbocycles. The van der Waals surface area contributed by atoms with Crippen molar-refractivity contribution in [2.24, 2.45) is 11.1 Å². The number of ketones is 1. The monoisotopic (exact) mass is 362 g/mol. The zero-order valence-corrected chi connectivity index (χ0v) is 15.0. The topological polar surface area (TPSA) is 106 Å². The van der Waals surface area contributed by atoms with Gasteiger partial charge in [0.05, 0.1) is 17.6 Å². The predicted molar refractivity (Wildman–Crippen MR) is 98.2 cm³/mol. The summed E-state index contributed by atoms with van der Waals surface area (Å²) in [6.07, 6.45) is 2.13. The summed E-state index contributed by atoms with van der Waals surface area (Å²) in [5, 5.41) is 10.0. The standard InChI is InChI=1S/C21H18N2O4/c1-21(2)7-14(24)18-16(8-21)27-20(23)12(9-22)17(18)13-10-26-15-6-4-3-5-11(15)19(13)25/h3-6,10,17H,7-8,23H2,1-2H3/t17-/m0/s1. The van der Waals surface area contributed by atoms with Crippen molar-refractivity contribution in [2.75, 3.05) is 0 Å². The minimum atomic E-state index is -0.872. The van der Waals surface area contributed by atoms with Crippen LogP contribution in [0, 0.1) is 16.7 Å². The van der Waals surface area contributed by atoms with Crippen LogP contribution in [-0.2, 0) is 9.53 Å². The van der Waals surface area contributed by atoms with Gasteiger partial charge in [-0.1, -0.05) is 26.0 Å². The van der Waals surface area contributed by atoms with E-state index in [4.69, 9.17) is 14.9 Å². The van der Waals surface area contributed by atoms with Gasteiger partial charge in [-0.25, -0.2) is 0 Å². The van der Waals surface area contributed by atoms with Crippen LogP contribution in [0.1, 0.15) is 38.2 Å². The van der Waals surface area contributed by atoms with Crippen molar-refractivity contribution in [3.63, 3.8) is 0 Å². The first-order valence-corrected chi connectivity index (χ1v) is 8.66. The van der Waals surface area contributed by atoms with Crippen LogP contribution >= 0.6 is 0 Å². The summed E-state index contributed by atoms with van der Waals surface area (Å²) in [5.74, 6) is -0.646. The van der Waals surface area contributed by atoms with Crippen molar-refractivity contribution in [1.29, 1.82) is 5.26 Å². The predicted octanol–water partition coefficient (Wildman–Crippen LogP) is 3.24. The van der Waals surface area contributed by atoms with Gasteiger partial charge in [-0.3, -0.25) is 9.59 Å². The van der Waals surface area contributed by atoms with Crippen molar-refractivity contribution in [3.8, 4) is 6.07 Å². The number of Topliss-reactive ketones (excluding diaryl/α,β-unsaturated/α-hetero) is 1. The Balaban J connectivity index is 1.99. The van der Waals surface area contributed by atoms with E-state index in [-0.39, 0.29) is 33.6 Å². The van der Waals surface area contributed by atoms with E-state index >= 15 is 0 Å². The van der Waals surface area contributed by atoms with Crippen LogP contribution in [0.3, 0.4) is 0 Å². The number of nitrogens with zero attached hydrogens (tertiary/aromatic N) is 1. The van der Waals surface area contributed by atoms with E-state index in [1.165, 1.54) is 6.26 Å². The summed E-state index contributed by atoms with van der Waals surface area (Å²) in [5.41, 5.74) is 6.47. The molecule has 2 heterocycles. The quantitative estimate of drug-likeness (QED) is 0.834. The average molecular weight is 362 g/mol. The fourth-order valence-electron chi connectivity index (χ4n) is 3.89. The molecule has 0 spiro atoms. The van der Waals surface area contributed by atoms with Crippen LogP contribution in [0.15, 0.2) is 62.5 Å². The zero-order valence-electron chi connectivity index (χ0n) is 15.0. The Hall–Kier alpha value is -3.33. The van der Waals surface area contributed by atoms with Gasteiger partial charge in [0.2, 0.25) is 5.88 Å². The van der Waals surface area contributed by atoms with Crippen LogP contribution in [0.4, 0.5) is 0 Å². The normalized spacial score (nSPS) is 21.7. The molecule has 1 aromatic heterocycles. The molecule has 1 aliphatic carbocycles. The molecule has 1 aromatic carbocycles. The van der Waals surface area contributed by atoms with Gasteiger partial charge in [0.1, 0.15) is 23.0 Å². The molecule has 2 aliphatic rings. The van der Waals surface area contributed by atoms with Gasteiger partial charge < -0.3 is 14.9 Å². The zero-order chi connectivity index (χ0) is 19.3. The maximum atomic E-state index is 13.1. The number of ether oxygens (including phenoxy) is 1. The molecule has 1 atom stereocenters. The van der Waals surface area contributed by atoms with E-state index in [0.29, 0.717) is 35.1 Å². The molecule has 1 aliphatic heterocycles. The van der Waals surface area contributed by atoms with Crippen LogP contribution in [0.5, 0.6) is 0 Å². The second-order valence-corrected chi connectivity index (χ2v) is 7.72. The molecule has 136 valence electrons. The fourth-order valence-corrected chi connectivity index (χ4v) is 3.89. The van der Waals surface area contributed by atoms with E-state index in [1.807, 2.05) is 19.9 Å². The second kappa shape index (κ2) is 5.85. The summed E-state index contributed by atoms with van der Waals surface area (Å²) in [6.45, 7) is 3.94. The highest BCUT2D eigenvalue weighted by Gasteiger charge is 2.44. The first kappa shape index (κ1) is 17.1. The highest BCUT2D eigenvalue weighted by atomic mass is 16.5. The van der Waals surface area contributed by atoms with Gasteiger partial charge in [0.25, 0.3) is 0 Å². The van der Waals surface area contributed by atoms with E-state index < -0.39 is 5.92 Å². The van der Waals surface area contributed by atoms with Crippen molar-refractivity contribution >= 4 is 16.8 Å². The number of benzene rings is 1. The number of fused-ring (bicyclic) bond motifs is 1. The minimum absolute atomic E-state index is 0.0596. The van der Waals surface area contributed by atoms with E-state index in [1.54, 1.807) is 24.3 Å². The molecular formula is C21H18N2O4. The van der Waals surface area contributed by atoms with E-state index in [0.717, 1.165) is 0 Å². The molecule has 0 amide bonds. The third-order valence-corrected chi connectivity index (χ3v) is 5.09. The van der Waals surface area contributed by atoms with Crippen LogP contribution in [0.2, 0.25) is 0 Å². The lowest BCUT2D eigenvalue weighted by Crippen LogP contribution is -2.34. The molecule has 6 heteroatoms. The Morgan fingerprint density at radius 2 is 1.96 bits per heavy atom. The number of carbonyl (C=O) groups is 1. The first-order valence-electron chi connectivity index (χ1n) is 8.66. The number of rotatable bonds is 1. The molecule has 27 heavy (non-hydrogen) atoms. The Bertz CT molecular complexity index is 1140. The Labute approximate surface area is 155 Å². The van der Waals surface area contributed by atoms with Gasteiger partial charge >= 0.3 is 0 Å². The van der Waals surface area contributed by atoms with Crippen LogP contribution < -0.4 is 11.2 Å². The highest BCUT2D eigenvalue weighted by Crippen LogP contribution is 2.47. The number of nitrogens with two attached hydrogens (primary N) is 1. The largest absolute Gasteiger partial charge is 0.464 e. The molecule has 2 N–H and O–H groups in total. The fraction of sp³-hybridized carbons (Fsp3) is 0.286. The lowest BCUT2D eigenvalue weighted by molar-refractivity contribution is -0.119. The molecule has 0 unspecified atom stereocenters. The summed E-state index contributed by atoms with van der Waals surface area (Å²) in [6, 6.07) is 8.87. The average Bonchev–Trinajstić information content (AvgIpc) is 2.60. The number of nitriles is 1. The maximum Gasteiger partial charge on any atom is 0.205 e. The SMILES string of the molecule is CC1(C)CC(=O)C2=C(C1)OC(N)=C(C#N)[C@H]2c1coc2ccccc2c1=O. The Morgan fingerprint density at radius 3 is 2.70 bits per heavy atom. The van der Waals surface area contributed by atoms with E-state index in [2.05, 4.69) is 0 Å². The van der Waals surface area contributed by atoms with Crippen molar-refractivity contribution in [2.45, 2.75) is 32.6 Å². The van der Waals surface area contributed by atoms with E-state index in [9.17, 15) is 14.9 Å². The highest BCUT2D eigenvalue weighted by molar-refractivity contribution is 6.00. The molecule has 6 nitrogen and oxygen atoms in total. The van der Waals surface area contributed by atoms with Crippen molar-refractivity contribution < 1.29 is 13.9 Å². The van der Waals surface area contributed by atoms with Gasteiger partial charge in [-0.05, 0) is 17.5 Å². The third kappa shape index (κ3) is 2.63. The number of allylic oxidation sites excluding steroid dienone is 3. The lowest BCUT2D eigenvalue weighted by Gasteiger charge is -2.36. The summed E-state index contributed by atoms with van der Waals surface area (Å²) in [7, 11) is 0. The first-order chi connectivity index (χ1) is 12.8. The second-order valence-electron chi connectivity index (χ2n) is 7.72. The van der Waals surface area contributed by atoms with Crippen molar-refractivity contribution in [1.82, 2.24) is 0 Å². The van der Waals surface area contributed by atoms with Gasteiger partial charge in [-0.2, -0.15) is 5.26 Å². The smallest absolute Gasteiger partial charge is 0.205 e. The molecule has 0 fully saturated rings. The molecular weight excluding hydrogens is 344 g/mol. The Kier molecular flexibility index (Phi) is 3.70. The molecule has 0 bridgehead atoms. The number of hydrogen-bond donors (Lipinski definition) is 1. The number of hydrogen-bond acceptors (Lipinski definition) is 6. The maximum absolute atomic E-state index is 13.1. The third-order valence-electron chi connectivity index (χ3n) is 5.09. The van der Waals surface area contributed by atoms with Gasteiger partial charge in [0, 0.05) is 24.0 Å². The number of para-hydroxylation sites is 1. The molecule has 0 saturated heterocycles. The summed E-state index contributed by atoms with van der Waals surface area (Å²) < 4.78 is 11.3. The molecule has 2 aromatic rings. The van der Waals surface area contributed by atoms with Gasteiger partial charge in [0.15, 0.2) is 11.2 Å². The summed E-state index contributed by atoms with van der Waals surface area (Å²) in [4.78, 5) is 26.0. The molecule has 4 rings (SSSR count). The molecule has 0 radical (unpaired) electrons. The van der Waals surface area contributed by atoms with Gasteiger partial charge in [-0.15, -0.1) is 0 Å². The van der Waals surface area contributed by atoms with Crippen LogP contribution in [-0.4, -0.2) is 5.78 Å². The lowest BCUT2D eigenvalue weighted by atomic mass is 9.70. The van der Waals surface area contributed by atoms with Crippen LogP contribution in [0.25, 0.3) is 11.0 Å². The minimum Gasteiger partial charge on any atom is -0.464 e. The number of carbonyl (C=O) groups excluding carboxylic acids is 1.